The molecule has 148 valence electrons. The number of carbonyl (C=O) groups is 3. The number of rotatable bonds is 9. The maximum atomic E-state index is 11.9. The Bertz CT molecular complexity index is 866. The highest BCUT2D eigenvalue weighted by atomic mass is 35.5. The van der Waals surface area contributed by atoms with Crippen LogP contribution in [0.4, 0.5) is 5.69 Å². The predicted octanol–water partition coefficient (Wildman–Crippen LogP) is 4.19. The predicted molar refractivity (Wildman–Crippen MR) is 107 cm³/mol. The van der Waals surface area contributed by atoms with E-state index in [0.717, 1.165) is 5.56 Å². The lowest BCUT2D eigenvalue weighted by molar-refractivity contribution is -0.147. The van der Waals surface area contributed by atoms with Gasteiger partial charge in [-0.1, -0.05) is 23.7 Å². The Hall–Kier alpha value is -2.86. The van der Waals surface area contributed by atoms with Crippen molar-refractivity contribution in [3.63, 3.8) is 0 Å². The third kappa shape index (κ3) is 7.04. The number of halogens is 1. The summed E-state index contributed by atoms with van der Waals surface area (Å²) in [7, 11) is 0. The fourth-order valence-electron chi connectivity index (χ4n) is 2.34. The Labute approximate surface area is 168 Å². The van der Waals surface area contributed by atoms with Gasteiger partial charge in [-0.15, -0.1) is 0 Å². The minimum Gasteiger partial charge on any atom is -0.494 e. The van der Waals surface area contributed by atoms with Gasteiger partial charge in [0.1, 0.15) is 5.75 Å². The largest absolute Gasteiger partial charge is 0.494 e. The molecule has 1 N–H and O–H groups in total. The van der Waals surface area contributed by atoms with Crippen LogP contribution in [0.15, 0.2) is 42.5 Å². The second kappa shape index (κ2) is 10.5. The second-order valence-electron chi connectivity index (χ2n) is 6.21. The van der Waals surface area contributed by atoms with E-state index in [1.165, 1.54) is 6.92 Å². The van der Waals surface area contributed by atoms with E-state index in [2.05, 4.69) is 5.32 Å². The summed E-state index contributed by atoms with van der Waals surface area (Å²) in [4.78, 5) is 34.9. The Morgan fingerprint density at radius 1 is 1.11 bits per heavy atom. The van der Waals surface area contributed by atoms with Crippen molar-refractivity contribution in [2.75, 3.05) is 18.5 Å². The minimum absolute atomic E-state index is 0.0986. The van der Waals surface area contributed by atoms with Gasteiger partial charge in [0.15, 0.2) is 12.4 Å². The zero-order valence-corrected chi connectivity index (χ0v) is 16.5. The highest BCUT2D eigenvalue weighted by Gasteiger charge is 2.09. The molecule has 0 aliphatic carbocycles. The maximum Gasteiger partial charge on any atom is 0.306 e. The number of carbonyl (C=O) groups excluding carboxylic acids is 3. The lowest BCUT2D eigenvalue weighted by Gasteiger charge is -2.09. The van der Waals surface area contributed by atoms with E-state index in [0.29, 0.717) is 35.1 Å². The number of aryl methyl sites for hydroxylation is 1. The van der Waals surface area contributed by atoms with Gasteiger partial charge in [0.2, 0.25) is 0 Å². The first-order valence-corrected chi connectivity index (χ1v) is 9.18. The molecule has 0 saturated heterocycles. The van der Waals surface area contributed by atoms with E-state index in [9.17, 15) is 14.4 Å². The summed E-state index contributed by atoms with van der Waals surface area (Å²) in [5, 5.41) is 3.26. The van der Waals surface area contributed by atoms with Crippen molar-refractivity contribution in [3.8, 4) is 5.75 Å². The number of amides is 1. The van der Waals surface area contributed by atoms with Gasteiger partial charge in [0.05, 0.1) is 6.61 Å². The molecule has 0 atom stereocenters. The van der Waals surface area contributed by atoms with Crippen LogP contribution in [0, 0.1) is 6.92 Å². The Kier molecular flexibility index (Phi) is 8.02. The van der Waals surface area contributed by atoms with Gasteiger partial charge < -0.3 is 14.8 Å². The van der Waals surface area contributed by atoms with E-state index in [-0.39, 0.29) is 18.8 Å². The molecule has 0 saturated carbocycles. The summed E-state index contributed by atoms with van der Waals surface area (Å²) in [6, 6.07) is 11.9. The Balaban J connectivity index is 1.66. The number of nitrogens with one attached hydrogen (secondary N) is 1. The van der Waals surface area contributed by atoms with Gasteiger partial charge in [-0.05, 0) is 56.2 Å². The van der Waals surface area contributed by atoms with E-state index in [4.69, 9.17) is 21.1 Å². The quantitative estimate of drug-likeness (QED) is 0.385. The molecular formula is C21H22ClNO5. The summed E-state index contributed by atoms with van der Waals surface area (Å²) in [6.07, 6.45) is 0.600. The number of hydrogen-bond donors (Lipinski definition) is 1. The highest BCUT2D eigenvalue weighted by molar-refractivity contribution is 6.31. The molecule has 7 heteroatoms. The number of ketones is 1. The van der Waals surface area contributed by atoms with Crippen LogP contribution in [0.5, 0.6) is 5.75 Å². The van der Waals surface area contributed by atoms with Gasteiger partial charge in [0.25, 0.3) is 5.91 Å². The van der Waals surface area contributed by atoms with Gasteiger partial charge in [0, 0.05) is 22.7 Å². The zero-order chi connectivity index (χ0) is 20.5. The van der Waals surface area contributed by atoms with Crippen molar-refractivity contribution in [2.24, 2.45) is 0 Å². The molecule has 0 unspecified atom stereocenters. The average molecular weight is 404 g/mol. The monoisotopic (exact) mass is 403 g/mol. The molecule has 2 aromatic rings. The molecule has 0 radical (unpaired) electrons. The molecule has 28 heavy (non-hydrogen) atoms. The van der Waals surface area contributed by atoms with Crippen molar-refractivity contribution in [3.05, 3.63) is 58.6 Å². The first-order chi connectivity index (χ1) is 13.3. The molecule has 0 aliphatic rings. The minimum atomic E-state index is -0.483. The van der Waals surface area contributed by atoms with Crippen LogP contribution in [0.2, 0.25) is 5.02 Å². The number of anilines is 1. The number of ether oxygens (including phenoxy) is 2. The van der Waals surface area contributed by atoms with Crippen LogP contribution in [0.1, 0.15) is 35.7 Å². The molecule has 6 nitrogen and oxygen atoms in total. The summed E-state index contributed by atoms with van der Waals surface area (Å²) in [5.74, 6) is -0.369. The fraction of sp³-hybridized carbons (Fsp3) is 0.286. The van der Waals surface area contributed by atoms with Crippen LogP contribution in [0.25, 0.3) is 0 Å². The summed E-state index contributed by atoms with van der Waals surface area (Å²) in [5.41, 5.74) is 1.88. The summed E-state index contributed by atoms with van der Waals surface area (Å²) in [6.45, 7) is 3.29. The SMILES string of the molecule is CC(=O)c1cccc(NC(=O)COC(=O)CCCOc2ccc(Cl)c(C)c2)c1. The molecular weight excluding hydrogens is 382 g/mol. The third-order valence-corrected chi connectivity index (χ3v) is 4.26. The molecule has 0 bridgehead atoms. The van der Waals surface area contributed by atoms with Crippen LogP contribution >= 0.6 is 11.6 Å². The van der Waals surface area contributed by atoms with E-state index < -0.39 is 11.9 Å². The molecule has 0 fully saturated rings. The van der Waals surface area contributed by atoms with Crippen LogP contribution in [-0.2, 0) is 14.3 Å². The van der Waals surface area contributed by atoms with Gasteiger partial charge in [-0.25, -0.2) is 0 Å². The van der Waals surface area contributed by atoms with Gasteiger partial charge >= 0.3 is 5.97 Å². The molecule has 0 aliphatic heterocycles. The molecule has 0 aromatic heterocycles. The first kappa shape index (κ1) is 21.4. The second-order valence-corrected chi connectivity index (χ2v) is 6.62. The molecule has 2 rings (SSSR count). The molecule has 1 amide bonds. The van der Waals surface area contributed by atoms with Crippen LogP contribution in [-0.4, -0.2) is 30.9 Å². The topological polar surface area (TPSA) is 81.7 Å². The Morgan fingerprint density at radius 3 is 2.61 bits per heavy atom. The molecule has 0 spiro atoms. The van der Waals surface area contributed by atoms with Crippen molar-refractivity contribution in [1.82, 2.24) is 0 Å². The number of hydrogen-bond acceptors (Lipinski definition) is 5. The highest BCUT2D eigenvalue weighted by Crippen LogP contribution is 2.21. The normalized spacial score (nSPS) is 10.2. The average Bonchev–Trinajstić information content (AvgIpc) is 2.66. The van der Waals surface area contributed by atoms with E-state index in [1.54, 1.807) is 36.4 Å². The zero-order valence-electron chi connectivity index (χ0n) is 15.8. The summed E-state index contributed by atoms with van der Waals surface area (Å²) >= 11 is 5.95. The van der Waals surface area contributed by atoms with Crippen molar-refractivity contribution in [1.29, 1.82) is 0 Å². The van der Waals surface area contributed by atoms with Crippen molar-refractivity contribution < 1.29 is 23.9 Å². The first-order valence-electron chi connectivity index (χ1n) is 8.80. The van der Waals surface area contributed by atoms with Gasteiger partial charge in [-0.2, -0.15) is 0 Å². The van der Waals surface area contributed by atoms with Crippen molar-refractivity contribution >= 4 is 34.9 Å². The standard InChI is InChI=1S/C21H22ClNO5/c1-14-11-18(8-9-19(14)22)27-10-4-7-21(26)28-13-20(25)23-17-6-3-5-16(12-17)15(2)24/h3,5-6,8-9,11-12H,4,7,10,13H2,1-2H3,(H,23,25). The third-order valence-electron chi connectivity index (χ3n) is 3.84. The van der Waals surface area contributed by atoms with E-state index in [1.807, 2.05) is 13.0 Å². The smallest absolute Gasteiger partial charge is 0.306 e. The summed E-state index contributed by atoms with van der Waals surface area (Å²) < 4.78 is 10.5. The molecule has 2 aromatic carbocycles. The lowest BCUT2D eigenvalue weighted by Crippen LogP contribution is -2.21. The maximum absolute atomic E-state index is 11.9. The van der Waals surface area contributed by atoms with Crippen LogP contribution < -0.4 is 10.1 Å². The molecule has 0 heterocycles. The Morgan fingerprint density at radius 2 is 1.89 bits per heavy atom. The number of esters is 1. The number of Topliss-reactive ketones (excluding diaryl/α,β-unsaturated/α-hetero) is 1. The van der Waals surface area contributed by atoms with Crippen molar-refractivity contribution in [2.45, 2.75) is 26.7 Å². The lowest BCUT2D eigenvalue weighted by atomic mass is 10.1. The van der Waals surface area contributed by atoms with E-state index >= 15 is 0 Å². The van der Waals surface area contributed by atoms with Crippen LogP contribution in [0.3, 0.4) is 0 Å². The van der Waals surface area contributed by atoms with Gasteiger partial charge in [-0.3, -0.25) is 14.4 Å². The number of benzene rings is 2. The fourth-order valence-corrected chi connectivity index (χ4v) is 2.46.